The van der Waals surface area contributed by atoms with Gasteiger partial charge in [0.2, 0.25) is 0 Å². The first-order valence-electron chi connectivity index (χ1n) is 12.0. The number of carboxylic acids is 1. The molecule has 7 heteroatoms. The summed E-state index contributed by atoms with van der Waals surface area (Å²) in [4.78, 5) is 16.7. The minimum Gasteiger partial charge on any atom is -0.496 e. The third-order valence-corrected chi connectivity index (χ3v) is 7.23. The van der Waals surface area contributed by atoms with E-state index in [4.69, 9.17) is 9.47 Å². The fraction of sp³-hybridized carbons (Fsp3) is 0.444. The van der Waals surface area contributed by atoms with Crippen molar-refractivity contribution in [2.45, 2.75) is 51.3 Å². The molecule has 3 aromatic rings. The Balaban J connectivity index is 1.47. The molecule has 0 unspecified atom stereocenters. The molecule has 180 valence electrons. The summed E-state index contributed by atoms with van der Waals surface area (Å²) in [5.41, 5.74) is 3.86. The van der Waals surface area contributed by atoms with Gasteiger partial charge in [-0.3, -0.25) is 4.90 Å². The second-order valence-electron chi connectivity index (χ2n) is 9.60. The zero-order valence-electron chi connectivity index (χ0n) is 19.6. The minimum absolute atomic E-state index is 0.0314. The number of methoxy groups -OCH3 is 1. The number of aromatic amines is 1. The van der Waals surface area contributed by atoms with Crippen LogP contribution in [0.15, 0.2) is 36.5 Å². The maximum absolute atomic E-state index is 14.9. The number of nitrogens with zero attached hydrogens (tertiary/aromatic N) is 1. The number of nitrogens with one attached hydrogen (secondary N) is 1. The van der Waals surface area contributed by atoms with Crippen molar-refractivity contribution in [3.8, 4) is 5.75 Å². The zero-order valence-corrected chi connectivity index (χ0v) is 19.6. The number of benzene rings is 2. The standard InChI is InChI=1S/C27H31FN2O4/c1-16-11-24(33-2)21(25-22(28)13-29-26(16)25)14-30-10-9-20(34-15-17-3-4-17)12-23(30)18-5-7-19(8-6-18)27(31)32/h5-8,11,13,17,20,23,29H,3-4,9-10,12,14-15H2,1-2H3,(H,31,32)/t20-,23-/m1/s1. The van der Waals surface area contributed by atoms with Crippen LogP contribution in [0, 0.1) is 18.7 Å². The lowest BCUT2D eigenvalue weighted by Gasteiger charge is -2.40. The van der Waals surface area contributed by atoms with Gasteiger partial charge in [-0.05, 0) is 67.9 Å². The summed E-state index contributed by atoms with van der Waals surface area (Å²) >= 11 is 0. The quantitative estimate of drug-likeness (QED) is 0.462. The van der Waals surface area contributed by atoms with Crippen molar-refractivity contribution >= 4 is 16.9 Å². The van der Waals surface area contributed by atoms with Crippen molar-refractivity contribution in [3.63, 3.8) is 0 Å². The number of carbonyl (C=O) groups is 1. The van der Waals surface area contributed by atoms with Crippen molar-refractivity contribution < 1.29 is 23.8 Å². The van der Waals surface area contributed by atoms with Crippen LogP contribution in [0.3, 0.4) is 0 Å². The van der Waals surface area contributed by atoms with E-state index in [1.165, 1.54) is 19.0 Å². The summed E-state index contributed by atoms with van der Waals surface area (Å²) in [7, 11) is 1.62. The molecule has 34 heavy (non-hydrogen) atoms. The summed E-state index contributed by atoms with van der Waals surface area (Å²) < 4.78 is 26.8. The van der Waals surface area contributed by atoms with Crippen molar-refractivity contribution in [2.24, 2.45) is 5.92 Å². The molecular formula is C27H31FN2O4. The van der Waals surface area contributed by atoms with Crippen LogP contribution in [0.2, 0.25) is 0 Å². The van der Waals surface area contributed by atoms with Gasteiger partial charge < -0.3 is 19.6 Å². The first-order chi connectivity index (χ1) is 16.4. The first-order valence-corrected chi connectivity index (χ1v) is 12.0. The predicted molar refractivity (Wildman–Crippen MR) is 128 cm³/mol. The van der Waals surface area contributed by atoms with Crippen LogP contribution in [0.1, 0.15) is 58.8 Å². The summed E-state index contributed by atoms with van der Waals surface area (Å²) in [5, 5.41) is 9.88. The van der Waals surface area contributed by atoms with Gasteiger partial charge in [-0.25, -0.2) is 9.18 Å². The van der Waals surface area contributed by atoms with Crippen LogP contribution < -0.4 is 4.74 Å². The fourth-order valence-corrected chi connectivity index (χ4v) is 5.10. The number of piperidine rings is 1. The lowest BCUT2D eigenvalue weighted by molar-refractivity contribution is -0.0229. The molecular weight excluding hydrogens is 435 g/mol. The lowest BCUT2D eigenvalue weighted by Crippen LogP contribution is -2.39. The number of ether oxygens (including phenoxy) is 2. The van der Waals surface area contributed by atoms with Crippen LogP contribution in [0.25, 0.3) is 10.9 Å². The highest BCUT2D eigenvalue weighted by atomic mass is 19.1. The molecule has 0 spiro atoms. The number of likely N-dealkylation sites (tertiary alicyclic amines) is 1. The van der Waals surface area contributed by atoms with E-state index in [2.05, 4.69) is 9.88 Å². The number of hydrogen-bond acceptors (Lipinski definition) is 4. The largest absolute Gasteiger partial charge is 0.496 e. The van der Waals surface area contributed by atoms with Gasteiger partial charge in [0.1, 0.15) is 11.6 Å². The number of rotatable bonds is 8. The Hall–Kier alpha value is -2.90. The number of halogens is 1. The van der Waals surface area contributed by atoms with E-state index in [1.807, 2.05) is 25.1 Å². The second kappa shape index (κ2) is 9.39. The molecule has 2 fully saturated rings. The van der Waals surface area contributed by atoms with Gasteiger partial charge in [0, 0.05) is 42.9 Å². The highest BCUT2D eigenvalue weighted by Crippen LogP contribution is 2.39. The fourth-order valence-electron chi connectivity index (χ4n) is 5.10. The van der Waals surface area contributed by atoms with E-state index < -0.39 is 5.97 Å². The molecule has 2 atom stereocenters. The van der Waals surface area contributed by atoms with Crippen LogP contribution in [0.4, 0.5) is 4.39 Å². The third kappa shape index (κ3) is 4.55. The molecule has 2 heterocycles. The molecule has 1 saturated heterocycles. The summed E-state index contributed by atoms with van der Waals surface area (Å²) in [5.74, 6) is 0.160. The molecule has 5 rings (SSSR count). The Morgan fingerprint density at radius 1 is 1.24 bits per heavy atom. The van der Waals surface area contributed by atoms with Gasteiger partial charge >= 0.3 is 5.97 Å². The smallest absolute Gasteiger partial charge is 0.335 e. The minimum atomic E-state index is -0.938. The van der Waals surface area contributed by atoms with E-state index in [0.29, 0.717) is 23.6 Å². The number of carboxylic acid groups (broad SMARTS) is 1. The van der Waals surface area contributed by atoms with Gasteiger partial charge in [-0.2, -0.15) is 0 Å². The maximum atomic E-state index is 14.9. The molecule has 2 aromatic carbocycles. The van der Waals surface area contributed by atoms with Crippen molar-refractivity contribution in [3.05, 3.63) is 64.6 Å². The summed E-state index contributed by atoms with van der Waals surface area (Å²) in [6, 6.07) is 9.08. The number of hydrogen-bond donors (Lipinski definition) is 2. The molecule has 2 aliphatic rings. The Morgan fingerprint density at radius 3 is 2.68 bits per heavy atom. The molecule has 1 aliphatic carbocycles. The SMILES string of the molecule is COc1cc(C)c2[nH]cc(F)c2c1CN1CC[C@@H](OCC2CC2)C[C@@H]1c1ccc(C(=O)O)cc1. The Labute approximate surface area is 198 Å². The van der Waals surface area contributed by atoms with Gasteiger partial charge in [-0.1, -0.05) is 12.1 Å². The second-order valence-corrected chi connectivity index (χ2v) is 9.60. The normalized spacial score (nSPS) is 21.1. The number of aryl methyl sites for hydroxylation is 1. The number of aromatic nitrogens is 1. The molecule has 0 radical (unpaired) electrons. The number of H-pyrrole nitrogens is 1. The van der Waals surface area contributed by atoms with E-state index in [9.17, 15) is 14.3 Å². The van der Waals surface area contributed by atoms with Crippen LogP contribution in [0.5, 0.6) is 5.75 Å². The summed E-state index contributed by atoms with van der Waals surface area (Å²) in [6.07, 6.45) is 5.79. The molecule has 1 aromatic heterocycles. The van der Waals surface area contributed by atoms with Crippen molar-refractivity contribution in [2.75, 3.05) is 20.3 Å². The number of aromatic carboxylic acids is 1. The predicted octanol–water partition coefficient (Wildman–Crippen LogP) is 5.45. The molecule has 0 amide bonds. The Kier molecular flexibility index (Phi) is 6.32. The average Bonchev–Trinajstić information content (AvgIpc) is 3.59. The third-order valence-electron chi connectivity index (χ3n) is 7.23. The molecule has 1 saturated carbocycles. The average molecular weight is 467 g/mol. The monoisotopic (exact) mass is 466 g/mol. The molecule has 0 bridgehead atoms. The highest BCUT2D eigenvalue weighted by Gasteiger charge is 2.33. The van der Waals surface area contributed by atoms with Gasteiger partial charge in [0.05, 0.1) is 24.3 Å². The van der Waals surface area contributed by atoms with Gasteiger partial charge in [0.25, 0.3) is 0 Å². The molecule has 2 N–H and O–H groups in total. The van der Waals surface area contributed by atoms with Crippen LogP contribution in [-0.2, 0) is 11.3 Å². The van der Waals surface area contributed by atoms with Crippen LogP contribution >= 0.6 is 0 Å². The van der Waals surface area contributed by atoms with Crippen molar-refractivity contribution in [1.82, 2.24) is 9.88 Å². The Bertz CT molecular complexity index is 1190. The van der Waals surface area contributed by atoms with Gasteiger partial charge in [0.15, 0.2) is 0 Å². The van der Waals surface area contributed by atoms with Gasteiger partial charge in [-0.15, -0.1) is 0 Å². The number of fused-ring (bicyclic) bond motifs is 1. The van der Waals surface area contributed by atoms with E-state index in [1.54, 1.807) is 19.2 Å². The Morgan fingerprint density at radius 2 is 2.00 bits per heavy atom. The maximum Gasteiger partial charge on any atom is 0.335 e. The lowest BCUT2D eigenvalue weighted by atomic mass is 9.91. The van der Waals surface area contributed by atoms with Crippen molar-refractivity contribution in [1.29, 1.82) is 0 Å². The van der Waals surface area contributed by atoms with E-state index in [0.717, 1.165) is 48.2 Å². The molecule has 6 nitrogen and oxygen atoms in total. The first kappa shape index (κ1) is 22.9. The topological polar surface area (TPSA) is 74.8 Å². The van der Waals surface area contributed by atoms with E-state index >= 15 is 0 Å². The van der Waals surface area contributed by atoms with E-state index in [-0.39, 0.29) is 23.5 Å². The highest BCUT2D eigenvalue weighted by molar-refractivity contribution is 5.89. The zero-order chi connectivity index (χ0) is 23.8. The summed E-state index contributed by atoms with van der Waals surface area (Å²) in [6.45, 7) is 4.08. The van der Waals surface area contributed by atoms with Crippen LogP contribution in [-0.4, -0.2) is 47.3 Å². The molecule has 1 aliphatic heterocycles.